The minimum absolute atomic E-state index is 0.123. The molecule has 3 aliphatic rings. The zero-order chi connectivity index (χ0) is 12.0. The number of aliphatic hydroxyl groups excluding tert-OH is 1. The molecule has 0 radical (unpaired) electrons. The van der Waals surface area contributed by atoms with E-state index in [1.165, 1.54) is 0 Å². The van der Waals surface area contributed by atoms with Crippen molar-refractivity contribution in [1.29, 1.82) is 0 Å². The molecule has 90 valence electrons. The van der Waals surface area contributed by atoms with Gasteiger partial charge in [-0.25, -0.2) is 0 Å². The molecule has 2 saturated heterocycles. The number of ether oxygens (including phenoxy) is 3. The second kappa shape index (κ2) is 3.57. The largest absolute Gasteiger partial charge is 0.442 e. The molecule has 0 aromatic carbocycles. The van der Waals surface area contributed by atoms with Crippen molar-refractivity contribution in [3.63, 3.8) is 0 Å². The first-order valence-corrected chi connectivity index (χ1v) is 5.45. The Labute approximate surface area is 98.3 Å². The van der Waals surface area contributed by atoms with E-state index in [-0.39, 0.29) is 37.8 Å². The molecule has 5 nitrogen and oxygen atoms in total. The van der Waals surface area contributed by atoms with Crippen LogP contribution in [0.5, 0.6) is 0 Å². The fourth-order valence-electron chi connectivity index (χ4n) is 2.86. The SMILES string of the molecule is C#C[C@@]12OC(=O)C[C@@H]1C(CO)=C[C@@H]1OCO[C@@H]12. The summed E-state index contributed by atoms with van der Waals surface area (Å²) in [4.78, 5) is 11.5. The molecule has 0 unspecified atom stereocenters. The number of hydrogen-bond acceptors (Lipinski definition) is 5. The molecule has 2 heterocycles. The van der Waals surface area contributed by atoms with Crippen molar-refractivity contribution in [3.8, 4) is 12.3 Å². The molecule has 2 aliphatic heterocycles. The number of fused-ring (bicyclic) bond motifs is 3. The molecule has 5 heteroatoms. The Balaban J connectivity index is 2.10. The highest BCUT2D eigenvalue weighted by molar-refractivity contribution is 5.75. The number of terminal acetylenes is 1. The van der Waals surface area contributed by atoms with Crippen LogP contribution >= 0.6 is 0 Å². The standard InChI is InChI=1S/C12H12O5/c1-2-12-8(4-10(14)17-12)7(5-13)3-9-11(12)16-6-15-9/h1,3,8-9,11,13H,4-6H2/t8-,9+,11+,12-/m1/s1. The van der Waals surface area contributed by atoms with E-state index in [9.17, 15) is 9.90 Å². The van der Waals surface area contributed by atoms with Crippen molar-refractivity contribution in [2.45, 2.75) is 24.2 Å². The Bertz CT molecular complexity index is 435. The fraction of sp³-hybridized carbons (Fsp3) is 0.583. The zero-order valence-corrected chi connectivity index (χ0v) is 9.09. The molecule has 0 saturated carbocycles. The van der Waals surface area contributed by atoms with Crippen LogP contribution in [0.25, 0.3) is 0 Å². The van der Waals surface area contributed by atoms with Gasteiger partial charge in [0.1, 0.15) is 19.0 Å². The van der Waals surface area contributed by atoms with Crippen molar-refractivity contribution >= 4 is 5.97 Å². The number of aliphatic hydroxyl groups is 1. The van der Waals surface area contributed by atoms with Crippen LogP contribution in [-0.2, 0) is 19.0 Å². The summed E-state index contributed by atoms with van der Waals surface area (Å²) in [7, 11) is 0. The van der Waals surface area contributed by atoms with Gasteiger partial charge >= 0.3 is 5.97 Å². The molecule has 0 amide bonds. The van der Waals surface area contributed by atoms with Crippen molar-refractivity contribution in [2.24, 2.45) is 5.92 Å². The molecule has 1 aliphatic carbocycles. The van der Waals surface area contributed by atoms with Crippen LogP contribution in [0.3, 0.4) is 0 Å². The van der Waals surface area contributed by atoms with Gasteiger partial charge < -0.3 is 19.3 Å². The second-order valence-corrected chi connectivity index (χ2v) is 4.40. The predicted octanol–water partition coefficient (Wildman–Crippen LogP) is -0.405. The maximum Gasteiger partial charge on any atom is 0.308 e. The Kier molecular flexibility index (Phi) is 2.26. The Morgan fingerprint density at radius 2 is 2.41 bits per heavy atom. The molecule has 1 N–H and O–H groups in total. The minimum Gasteiger partial charge on any atom is -0.442 e. The molecule has 0 bridgehead atoms. The first kappa shape index (κ1) is 10.8. The molecule has 3 rings (SSSR count). The van der Waals surface area contributed by atoms with Gasteiger partial charge in [0.25, 0.3) is 0 Å². The van der Waals surface area contributed by atoms with Gasteiger partial charge in [-0.2, -0.15) is 0 Å². The maximum absolute atomic E-state index is 11.5. The van der Waals surface area contributed by atoms with Crippen LogP contribution in [0, 0.1) is 18.3 Å². The highest BCUT2D eigenvalue weighted by atomic mass is 16.7. The Hall–Kier alpha value is -1.35. The van der Waals surface area contributed by atoms with Crippen molar-refractivity contribution in [3.05, 3.63) is 11.6 Å². The lowest BCUT2D eigenvalue weighted by Gasteiger charge is -2.38. The van der Waals surface area contributed by atoms with Crippen LogP contribution in [0.1, 0.15) is 6.42 Å². The van der Waals surface area contributed by atoms with E-state index in [2.05, 4.69) is 5.92 Å². The lowest BCUT2D eigenvalue weighted by molar-refractivity contribution is -0.154. The minimum atomic E-state index is -1.12. The van der Waals surface area contributed by atoms with E-state index in [0.29, 0.717) is 5.57 Å². The summed E-state index contributed by atoms with van der Waals surface area (Å²) in [5.41, 5.74) is -0.425. The molecule has 2 fully saturated rings. The monoisotopic (exact) mass is 236 g/mol. The summed E-state index contributed by atoms with van der Waals surface area (Å²) in [6.45, 7) is -0.0322. The summed E-state index contributed by atoms with van der Waals surface area (Å²) in [6.07, 6.45) is 6.69. The molecule has 4 atom stereocenters. The number of rotatable bonds is 1. The molecule has 0 spiro atoms. The van der Waals surface area contributed by atoms with Gasteiger partial charge in [-0.1, -0.05) is 12.0 Å². The Morgan fingerprint density at radius 1 is 1.59 bits per heavy atom. The fourth-order valence-corrected chi connectivity index (χ4v) is 2.86. The van der Waals surface area contributed by atoms with Gasteiger partial charge in [-0.3, -0.25) is 4.79 Å². The zero-order valence-electron chi connectivity index (χ0n) is 9.09. The van der Waals surface area contributed by atoms with Gasteiger partial charge in [0.15, 0.2) is 0 Å². The number of carbonyl (C=O) groups excluding carboxylic acids is 1. The normalized spacial score (nSPS) is 43.4. The third-order valence-corrected chi connectivity index (χ3v) is 3.63. The van der Waals surface area contributed by atoms with Gasteiger partial charge in [-0.05, 0) is 5.57 Å². The summed E-state index contributed by atoms with van der Waals surface area (Å²) in [6, 6.07) is 0. The summed E-state index contributed by atoms with van der Waals surface area (Å²) in [5, 5.41) is 9.35. The second-order valence-electron chi connectivity index (χ2n) is 4.40. The molecule has 0 aromatic rings. The van der Waals surface area contributed by atoms with Crippen LogP contribution in [0.4, 0.5) is 0 Å². The van der Waals surface area contributed by atoms with Crippen LogP contribution in [0.2, 0.25) is 0 Å². The average Bonchev–Trinajstić information content (AvgIpc) is 2.91. The molecular formula is C12H12O5. The topological polar surface area (TPSA) is 65.0 Å². The first-order chi connectivity index (χ1) is 8.21. The quantitative estimate of drug-likeness (QED) is 0.381. The van der Waals surface area contributed by atoms with Crippen molar-refractivity contribution in [1.82, 2.24) is 0 Å². The van der Waals surface area contributed by atoms with E-state index in [0.717, 1.165) is 0 Å². The van der Waals surface area contributed by atoms with Gasteiger partial charge in [-0.15, -0.1) is 6.42 Å². The third-order valence-electron chi connectivity index (χ3n) is 3.63. The Morgan fingerprint density at radius 3 is 3.12 bits per heavy atom. The van der Waals surface area contributed by atoms with E-state index in [4.69, 9.17) is 20.6 Å². The molecular weight excluding hydrogens is 224 g/mol. The van der Waals surface area contributed by atoms with Crippen LogP contribution in [-0.4, -0.2) is 42.3 Å². The number of carbonyl (C=O) groups is 1. The predicted molar refractivity (Wildman–Crippen MR) is 55.5 cm³/mol. The van der Waals surface area contributed by atoms with Gasteiger partial charge in [0, 0.05) is 5.92 Å². The highest BCUT2D eigenvalue weighted by Crippen LogP contribution is 2.47. The van der Waals surface area contributed by atoms with Crippen LogP contribution in [0.15, 0.2) is 11.6 Å². The highest BCUT2D eigenvalue weighted by Gasteiger charge is 2.61. The van der Waals surface area contributed by atoms with E-state index >= 15 is 0 Å². The summed E-state index contributed by atoms with van der Waals surface area (Å²) < 4.78 is 16.1. The molecule has 17 heavy (non-hydrogen) atoms. The smallest absolute Gasteiger partial charge is 0.308 e. The summed E-state index contributed by atoms with van der Waals surface area (Å²) in [5.74, 6) is 1.88. The number of esters is 1. The van der Waals surface area contributed by atoms with Gasteiger partial charge in [0.2, 0.25) is 5.60 Å². The molecule has 0 aromatic heterocycles. The average molecular weight is 236 g/mol. The van der Waals surface area contributed by atoms with Crippen LogP contribution < -0.4 is 0 Å². The first-order valence-electron chi connectivity index (χ1n) is 5.45. The maximum atomic E-state index is 11.5. The lowest BCUT2D eigenvalue weighted by Crippen LogP contribution is -2.54. The number of hydrogen-bond donors (Lipinski definition) is 1. The van der Waals surface area contributed by atoms with E-state index in [1.807, 2.05) is 0 Å². The van der Waals surface area contributed by atoms with Crippen molar-refractivity contribution in [2.75, 3.05) is 13.4 Å². The third kappa shape index (κ3) is 1.29. The van der Waals surface area contributed by atoms with Gasteiger partial charge in [0.05, 0.1) is 13.0 Å². The summed E-state index contributed by atoms with van der Waals surface area (Å²) >= 11 is 0. The lowest BCUT2D eigenvalue weighted by atomic mass is 9.72. The van der Waals surface area contributed by atoms with Crippen molar-refractivity contribution < 1.29 is 24.1 Å². The van der Waals surface area contributed by atoms with E-state index in [1.54, 1.807) is 6.08 Å². The van der Waals surface area contributed by atoms with E-state index < -0.39 is 11.7 Å².